The molecule has 1 N–H and O–H groups in total. The van der Waals surface area contributed by atoms with Crippen LogP contribution in [0.1, 0.15) is 10.5 Å². The van der Waals surface area contributed by atoms with Crippen LogP contribution in [0, 0.1) is 0 Å². The highest BCUT2D eigenvalue weighted by Crippen LogP contribution is 2.03. The molecule has 14 heavy (non-hydrogen) atoms. The van der Waals surface area contributed by atoms with Crippen LogP contribution in [0.15, 0.2) is 12.4 Å². The number of hydrogen-bond acceptors (Lipinski definition) is 4. The van der Waals surface area contributed by atoms with Gasteiger partial charge in [-0.1, -0.05) is 0 Å². The van der Waals surface area contributed by atoms with E-state index in [9.17, 15) is 9.18 Å². The third kappa shape index (κ3) is 3.53. The van der Waals surface area contributed by atoms with Gasteiger partial charge in [-0.25, -0.2) is 19.2 Å². The molecule has 0 aliphatic rings. The molecule has 0 saturated heterocycles. The van der Waals surface area contributed by atoms with E-state index in [1.54, 1.807) is 0 Å². The lowest BCUT2D eigenvalue weighted by atomic mass is 10.5. The van der Waals surface area contributed by atoms with Crippen molar-refractivity contribution in [3.05, 3.63) is 18.1 Å². The number of ether oxygens (including phenoxy) is 1. The molecule has 7 heteroatoms. The normalized spacial score (nSPS) is 8.93. The van der Waals surface area contributed by atoms with Crippen LogP contribution in [0.4, 0.5) is 4.39 Å². The lowest BCUT2D eigenvalue weighted by molar-refractivity contribution is 0.0689. The Morgan fingerprint density at radius 1 is 1.50 bits per heavy atom. The predicted octanol–water partition coefficient (Wildman–Crippen LogP) is 0.945. The number of aromatic carboxylic acids is 1. The Balaban J connectivity index is 0.00000169. The Bertz CT molecular complexity index is 293. The van der Waals surface area contributed by atoms with E-state index in [1.165, 1.54) is 0 Å². The van der Waals surface area contributed by atoms with Gasteiger partial charge in [-0.3, -0.25) is 0 Å². The molecule has 0 saturated carbocycles. The third-order valence-electron chi connectivity index (χ3n) is 1.17. The van der Waals surface area contributed by atoms with Gasteiger partial charge in [0.1, 0.15) is 13.3 Å². The first-order valence-electron chi connectivity index (χ1n) is 3.48. The van der Waals surface area contributed by atoms with Gasteiger partial charge in [-0.2, -0.15) is 0 Å². The van der Waals surface area contributed by atoms with Crippen LogP contribution in [0.5, 0.6) is 5.88 Å². The van der Waals surface area contributed by atoms with Gasteiger partial charge in [0.25, 0.3) is 0 Å². The molecule has 1 heterocycles. The molecule has 0 spiro atoms. The van der Waals surface area contributed by atoms with Crippen molar-refractivity contribution >= 4 is 18.4 Å². The van der Waals surface area contributed by atoms with Crippen LogP contribution >= 0.6 is 12.4 Å². The molecule has 0 aliphatic heterocycles. The maximum absolute atomic E-state index is 11.6. The fourth-order valence-corrected chi connectivity index (χ4v) is 0.644. The summed E-state index contributed by atoms with van der Waals surface area (Å²) in [7, 11) is 0. The standard InChI is InChI=1S/C7H7FN2O3.ClH/c8-1-2-13-6-4-9-5(3-10-6)7(11)12;/h3-4H,1-2H2,(H,11,12);1H. The van der Waals surface area contributed by atoms with E-state index in [0.29, 0.717) is 0 Å². The lowest BCUT2D eigenvalue weighted by Gasteiger charge is -2.00. The Morgan fingerprint density at radius 3 is 2.64 bits per heavy atom. The minimum Gasteiger partial charge on any atom is -0.476 e. The van der Waals surface area contributed by atoms with E-state index in [4.69, 9.17) is 9.84 Å². The molecule has 5 nitrogen and oxygen atoms in total. The molecule has 0 aliphatic carbocycles. The summed E-state index contributed by atoms with van der Waals surface area (Å²) in [5.41, 5.74) is -0.174. The fraction of sp³-hybridized carbons (Fsp3) is 0.286. The molecule has 1 aromatic heterocycles. The highest BCUT2D eigenvalue weighted by atomic mass is 35.5. The van der Waals surface area contributed by atoms with Crippen molar-refractivity contribution in [2.24, 2.45) is 0 Å². The van der Waals surface area contributed by atoms with Crippen LogP contribution in [0.2, 0.25) is 0 Å². The highest BCUT2D eigenvalue weighted by Gasteiger charge is 2.04. The number of alkyl halides is 1. The second-order valence-electron chi connectivity index (χ2n) is 2.08. The largest absolute Gasteiger partial charge is 0.476 e. The van der Waals surface area contributed by atoms with Crippen LogP contribution in [-0.4, -0.2) is 34.3 Å². The SMILES string of the molecule is Cl.O=C(O)c1cnc(OCCF)cn1. The van der Waals surface area contributed by atoms with Crippen LogP contribution in [0.3, 0.4) is 0 Å². The number of halogens is 2. The first-order chi connectivity index (χ1) is 6.24. The van der Waals surface area contributed by atoms with E-state index in [-0.39, 0.29) is 30.6 Å². The van der Waals surface area contributed by atoms with Gasteiger partial charge in [0, 0.05) is 0 Å². The molecule has 0 amide bonds. The summed E-state index contributed by atoms with van der Waals surface area (Å²) in [6.07, 6.45) is 2.19. The molecule has 1 rings (SSSR count). The summed E-state index contributed by atoms with van der Waals surface area (Å²) in [6.45, 7) is -0.733. The van der Waals surface area contributed by atoms with E-state index in [2.05, 4.69) is 9.97 Å². The maximum Gasteiger partial charge on any atom is 0.356 e. The quantitative estimate of drug-likeness (QED) is 0.821. The van der Waals surface area contributed by atoms with Gasteiger partial charge in [-0.15, -0.1) is 12.4 Å². The van der Waals surface area contributed by atoms with Crippen LogP contribution in [-0.2, 0) is 0 Å². The van der Waals surface area contributed by atoms with Gasteiger partial charge in [-0.05, 0) is 0 Å². The summed E-state index contributed by atoms with van der Waals surface area (Å²) >= 11 is 0. The Kier molecular flexibility index (Phi) is 5.47. The number of carbonyl (C=O) groups is 1. The zero-order chi connectivity index (χ0) is 9.68. The van der Waals surface area contributed by atoms with Crippen molar-refractivity contribution in [3.8, 4) is 5.88 Å². The van der Waals surface area contributed by atoms with Gasteiger partial charge in [0.15, 0.2) is 5.69 Å². The average molecular weight is 223 g/mol. The lowest BCUT2D eigenvalue weighted by Crippen LogP contribution is -2.04. The zero-order valence-corrected chi connectivity index (χ0v) is 7.83. The Labute approximate surface area is 85.4 Å². The number of hydrogen-bond donors (Lipinski definition) is 1. The molecule has 0 aromatic carbocycles. The minimum absolute atomic E-state index is 0. The topological polar surface area (TPSA) is 72.3 Å². The van der Waals surface area contributed by atoms with Crippen molar-refractivity contribution in [2.75, 3.05) is 13.3 Å². The monoisotopic (exact) mass is 222 g/mol. The first kappa shape index (κ1) is 12.6. The molecule has 78 valence electrons. The Morgan fingerprint density at radius 2 is 2.21 bits per heavy atom. The highest BCUT2D eigenvalue weighted by molar-refractivity contribution is 5.85. The second kappa shape index (κ2) is 6.09. The first-order valence-corrected chi connectivity index (χ1v) is 3.48. The Hall–Kier alpha value is -1.43. The number of carboxylic acids is 1. The number of aromatic nitrogens is 2. The number of nitrogens with zero attached hydrogens (tertiary/aromatic N) is 2. The smallest absolute Gasteiger partial charge is 0.356 e. The molecule has 0 radical (unpaired) electrons. The van der Waals surface area contributed by atoms with Gasteiger partial charge in [0.2, 0.25) is 5.88 Å². The molecule has 0 atom stereocenters. The molecular formula is C7H8ClFN2O3. The summed E-state index contributed by atoms with van der Waals surface area (Å²) in [5, 5.41) is 8.45. The van der Waals surface area contributed by atoms with Crippen molar-refractivity contribution in [3.63, 3.8) is 0 Å². The molecule has 0 bridgehead atoms. The van der Waals surface area contributed by atoms with Crippen LogP contribution in [0.25, 0.3) is 0 Å². The number of rotatable bonds is 4. The van der Waals surface area contributed by atoms with E-state index in [1.807, 2.05) is 0 Å². The summed E-state index contributed by atoms with van der Waals surface area (Å²) in [5.74, 6) is -1.05. The number of carboxylic acid groups (broad SMARTS) is 1. The summed E-state index contributed by atoms with van der Waals surface area (Å²) in [4.78, 5) is 17.4. The fourth-order valence-electron chi connectivity index (χ4n) is 0.644. The van der Waals surface area contributed by atoms with Crippen LogP contribution < -0.4 is 4.74 Å². The van der Waals surface area contributed by atoms with Crippen molar-refractivity contribution in [1.29, 1.82) is 0 Å². The van der Waals surface area contributed by atoms with Gasteiger partial charge < -0.3 is 9.84 Å². The summed E-state index contributed by atoms with van der Waals surface area (Å²) in [6, 6.07) is 0. The molecular weight excluding hydrogens is 215 g/mol. The van der Waals surface area contributed by atoms with Gasteiger partial charge >= 0.3 is 5.97 Å². The van der Waals surface area contributed by atoms with Gasteiger partial charge in [0.05, 0.1) is 12.4 Å². The molecule has 0 fully saturated rings. The molecule has 1 aromatic rings. The zero-order valence-electron chi connectivity index (χ0n) is 7.01. The van der Waals surface area contributed by atoms with E-state index < -0.39 is 12.6 Å². The maximum atomic E-state index is 11.6. The average Bonchev–Trinajstić information content (AvgIpc) is 2.15. The van der Waals surface area contributed by atoms with Crippen molar-refractivity contribution in [2.45, 2.75) is 0 Å². The predicted molar refractivity (Wildman–Crippen MR) is 47.7 cm³/mol. The second-order valence-corrected chi connectivity index (χ2v) is 2.08. The summed E-state index contributed by atoms with van der Waals surface area (Å²) < 4.78 is 16.4. The molecule has 0 unspecified atom stereocenters. The van der Waals surface area contributed by atoms with E-state index >= 15 is 0 Å². The third-order valence-corrected chi connectivity index (χ3v) is 1.17. The van der Waals surface area contributed by atoms with Crippen molar-refractivity contribution < 1.29 is 19.0 Å². The van der Waals surface area contributed by atoms with Crippen molar-refractivity contribution in [1.82, 2.24) is 9.97 Å². The van der Waals surface area contributed by atoms with E-state index in [0.717, 1.165) is 12.4 Å². The minimum atomic E-state index is -1.16.